The van der Waals surface area contributed by atoms with E-state index >= 15 is 0 Å². The summed E-state index contributed by atoms with van der Waals surface area (Å²) in [6.45, 7) is 10.8. The van der Waals surface area contributed by atoms with Crippen molar-refractivity contribution < 1.29 is 9.28 Å². The van der Waals surface area contributed by atoms with Crippen LogP contribution in [0, 0.1) is 5.92 Å². The first-order valence-electron chi connectivity index (χ1n) is 11.6. The molecule has 34 heavy (non-hydrogen) atoms. The molecule has 0 spiro atoms. The monoisotopic (exact) mass is 485 g/mol. The molecule has 0 saturated carbocycles. The van der Waals surface area contributed by atoms with Crippen molar-refractivity contribution in [3.05, 3.63) is 46.2 Å². The van der Waals surface area contributed by atoms with E-state index in [4.69, 9.17) is 28.8 Å². The largest absolute Gasteiger partial charge is 0.382 e. The summed E-state index contributed by atoms with van der Waals surface area (Å²) in [5, 5.41) is 2.48. The molecule has 4 heterocycles. The summed E-state index contributed by atoms with van der Waals surface area (Å²) in [5.74, 6) is -0.249. The molecule has 7 N–H and O–H groups in total. The summed E-state index contributed by atoms with van der Waals surface area (Å²) in [5.41, 5.74) is 20.1. The third-order valence-electron chi connectivity index (χ3n) is 7.07. The van der Waals surface area contributed by atoms with Crippen LogP contribution in [-0.2, 0) is 12.0 Å². The number of anilines is 2. The van der Waals surface area contributed by atoms with Gasteiger partial charge in [-0.05, 0) is 16.9 Å². The van der Waals surface area contributed by atoms with Crippen molar-refractivity contribution >= 4 is 35.1 Å². The van der Waals surface area contributed by atoms with Crippen LogP contribution < -0.4 is 22.5 Å². The molecular formula is C24H34ClN8O+. The van der Waals surface area contributed by atoms with Crippen LogP contribution in [0.4, 0.5) is 11.6 Å². The van der Waals surface area contributed by atoms with E-state index in [1.807, 2.05) is 0 Å². The third kappa shape index (κ3) is 5.10. The molecule has 2 bridgehead atoms. The Balaban J connectivity index is 1.45. The Bertz CT molecular complexity index is 1100. The zero-order chi connectivity index (χ0) is 24.7. The second kappa shape index (κ2) is 9.03. The highest BCUT2D eigenvalue weighted by Gasteiger charge is 2.46. The molecule has 3 aliphatic rings. The van der Waals surface area contributed by atoms with Gasteiger partial charge in [0.15, 0.2) is 28.4 Å². The lowest BCUT2D eigenvalue weighted by Crippen LogP contribution is -2.63. The highest BCUT2D eigenvalue weighted by Crippen LogP contribution is 2.37. The van der Waals surface area contributed by atoms with Gasteiger partial charge in [0.05, 0.1) is 13.1 Å². The number of hydrogen-bond acceptors (Lipinski definition) is 6. The fourth-order valence-electron chi connectivity index (χ4n) is 5.11. The second-order valence-corrected chi connectivity index (χ2v) is 10.9. The first-order valence-corrected chi connectivity index (χ1v) is 12.0. The van der Waals surface area contributed by atoms with E-state index in [1.54, 1.807) is 0 Å². The third-order valence-corrected chi connectivity index (χ3v) is 7.35. The van der Waals surface area contributed by atoms with Crippen LogP contribution >= 0.6 is 11.6 Å². The highest BCUT2D eigenvalue weighted by molar-refractivity contribution is 6.31. The number of rotatable bonds is 4. The zero-order valence-corrected chi connectivity index (χ0v) is 20.8. The number of halogens is 1. The van der Waals surface area contributed by atoms with Crippen LogP contribution in [0.15, 0.2) is 29.3 Å². The number of nitrogen functional groups attached to an aromatic ring is 2. The molecule has 1 aromatic carbocycles. The molecule has 3 saturated heterocycles. The lowest BCUT2D eigenvalue weighted by Gasteiger charge is -2.51. The van der Waals surface area contributed by atoms with Crippen LogP contribution in [0.1, 0.15) is 55.2 Å². The molecule has 3 fully saturated rings. The summed E-state index contributed by atoms with van der Waals surface area (Å²) in [7, 11) is 0. The van der Waals surface area contributed by atoms with Crippen LogP contribution in [0.3, 0.4) is 0 Å². The number of aliphatic imine (C=N–C) groups is 1. The minimum atomic E-state index is -0.614. The van der Waals surface area contributed by atoms with E-state index in [9.17, 15) is 4.79 Å². The Morgan fingerprint density at radius 2 is 1.79 bits per heavy atom. The van der Waals surface area contributed by atoms with E-state index < -0.39 is 5.91 Å². The Hall–Kier alpha value is -2.91. The van der Waals surface area contributed by atoms with Gasteiger partial charge in [-0.15, -0.1) is 0 Å². The van der Waals surface area contributed by atoms with Crippen LogP contribution in [0.2, 0.25) is 5.15 Å². The van der Waals surface area contributed by atoms with Gasteiger partial charge in [0.1, 0.15) is 19.1 Å². The lowest BCUT2D eigenvalue weighted by molar-refractivity contribution is -0.955. The number of guanidine groups is 1. The van der Waals surface area contributed by atoms with E-state index in [-0.39, 0.29) is 39.9 Å². The predicted octanol–water partition coefficient (Wildman–Crippen LogP) is 2.45. The quantitative estimate of drug-likeness (QED) is 0.297. The van der Waals surface area contributed by atoms with Crippen LogP contribution in [-0.4, -0.2) is 52.0 Å². The number of nitrogens with zero attached hydrogens (tertiary/aromatic N) is 4. The summed E-state index contributed by atoms with van der Waals surface area (Å²) in [6.07, 6.45) is 2.20. The average molecular weight is 486 g/mol. The van der Waals surface area contributed by atoms with Gasteiger partial charge in [-0.1, -0.05) is 56.6 Å². The van der Waals surface area contributed by atoms with Gasteiger partial charge in [0, 0.05) is 18.4 Å². The van der Waals surface area contributed by atoms with Gasteiger partial charge in [0.2, 0.25) is 0 Å². The SMILES string of the molecule is CC(C)(C)c1ccc(C[N+]23CCC(CC2)C(N=C(N)NC(=O)c2nc(Cl)c(N)nc2N)C3)cc1. The molecular weight excluding hydrogens is 452 g/mol. The number of piperidine rings is 3. The van der Waals surface area contributed by atoms with Crippen LogP contribution in [0.25, 0.3) is 0 Å². The fourth-order valence-corrected chi connectivity index (χ4v) is 5.24. The second-order valence-electron chi connectivity index (χ2n) is 10.6. The van der Waals surface area contributed by atoms with E-state index in [0.717, 1.165) is 43.5 Å². The van der Waals surface area contributed by atoms with Gasteiger partial charge in [-0.25, -0.2) is 15.0 Å². The number of fused-ring (bicyclic) bond motifs is 3. The van der Waals surface area contributed by atoms with Gasteiger partial charge in [0.25, 0.3) is 5.91 Å². The molecule has 1 aromatic heterocycles. The number of aromatic nitrogens is 2. The molecule has 1 atom stereocenters. The molecule has 9 nitrogen and oxygen atoms in total. The summed E-state index contributed by atoms with van der Waals surface area (Å²) < 4.78 is 0.993. The van der Waals surface area contributed by atoms with E-state index in [0.29, 0.717) is 5.92 Å². The van der Waals surface area contributed by atoms with Crippen molar-refractivity contribution in [3.63, 3.8) is 0 Å². The van der Waals surface area contributed by atoms with Crippen molar-refractivity contribution in [1.82, 2.24) is 15.3 Å². The Kier molecular flexibility index (Phi) is 6.44. The van der Waals surface area contributed by atoms with Crippen LogP contribution in [0.5, 0.6) is 0 Å². The van der Waals surface area contributed by atoms with Gasteiger partial charge >= 0.3 is 0 Å². The number of nitrogens with one attached hydrogen (secondary N) is 1. The molecule has 5 rings (SSSR count). The average Bonchev–Trinajstić information content (AvgIpc) is 2.76. The Labute approximate surface area is 205 Å². The highest BCUT2D eigenvalue weighted by atomic mass is 35.5. The number of hydrogen-bond donors (Lipinski definition) is 4. The number of carbonyl (C=O) groups is 1. The Morgan fingerprint density at radius 3 is 2.41 bits per heavy atom. The van der Waals surface area contributed by atoms with Gasteiger partial charge < -0.3 is 21.7 Å². The number of quaternary nitrogens is 1. The maximum absolute atomic E-state index is 12.6. The molecule has 10 heteroatoms. The molecule has 1 amide bonds. The summed E-state index contributed by atoms with van der Waals surface area (Å²) in [4.78, 5) is 25.0. The molecule has 0 aliphatic carbocycles. The summed E-state index contributed by atoms with van der Waals surface area (Å²) in [6, 6.07) is 9.04. The molecule has 0 radical (unpaired) electrons. The fraction of sp³-hybridized carbons (Fsp3) is 0.500. The minimum absolute atomic E-state index is 0.0355. The number of amides is 1. The van der Waals surface area contributed by atoms with Gasteiger partial charge in [-0.2, -0.15) is 0 Å². The number of carbonyl (C=O) groups excluding carboxylic acids is 1. The van der Waals surface area contributed by atoms with Crippen molar-refractivity contribution in [2.75, 3.05) is 31.1 Å². The maximum atomic E-state index is 12.6. The normalized spacial score (nSPS) is 24.8. The number of benzene rings is 1. The molecule has 3 aliphatic heterocycles. The first kappa shape index (κ1) is 24.2. The molecule has 1 unspecified atom stereocenters. The van der Waals surface area contributed by atoms with Crippen molar-refractivity contribution in [2.45, 2.75) is 51.6 Å². The predicted molar refractivity (Wildman–Crippen MR) is 135 cm³/mol. The maximum Gasteiger partial charge on any atom is 0.280 e. The zero-order valence-electron chi connectivity index (χ0n) is 20.0. The van der Waals surface area contributed by atoms with Crippen molar-refractivity contribution in [1.29, 1.82) is 0 Å². The topological polar surface area (TPSA) is 145 Å². The first-order chi connectivity index (χ1) is 16.0. The van der Waals surface area contributed by atoms with Crippen molar-refractivity contribution in [2.24, 2.45) is 16.6 Å². The Morgan fingerprint density at radius 1 is 1.15 bits per heavy atom. The minimum Gasteiger partial charge on any atom is -0.382 e. The standard InChI is InChI=1S/C24H33ClN8O/c1-24(2,3)16-6-4-14(5-7-16)12-33-10-8-15(9-11-33)17(13-33)29-23(28)32-22(34)18-20(26)31-21(27)19(25)30-18/h4-7,15,17H,8-13H2,1-3H3,(H6-,26,27,28,29,31,32,34)/p+1. The van der Waals surface area contributed by atoms with E-state index in [2.05, 4.69) is 65.3 Å². The molecule has 2 aromatic rings. The smallest absolute Gasteiger partial charge is 0.280 e. The summed E-state index contributed by atoms with van der Waals surface area (Å²) >= 11 is 5.88. The van der Waals surface area contributed by atoms with E-state index in [1.165, 1.54) is 11.1 Å². The van der Waals surface area contributed by atoms with Gasteiger partial charge in [-0.3, -0.25) is 10.1 Å². The van der Waals surface area contributed by atoms with Crippen molar-refractivity contribution in [3.8, 4) is 0 Å². The lowest BCUT2D eigenvalue weighted by atomic mass is 9.81. The number of nitrogens with two attached hydrogens (primary N) is 3. The molecule has 182 valence electrons.